The van der Waals surface area contributed by atoms with Gasteiger partial charge < -0.3 is 25.1 Å². The molecule has 1 aliphatic rings. The molecular formula is C35H37BrN2O4. The van der Waals surface area contributed by atoms with Gasteiger partial charge in [0.15, 0.2) is 0 Å². The fraction of sp³-hybridized carbons (Fsp3) is 0.286. The van der Waals surface area contributed by atoms with Crippen LogP contribution in [0.2, 0.25) is 0 Å². The average molecular weight is 630 g/mol. The van der Waals surface area contributed by atoms with Crippen LogP contribution < -0.4 is 0 Å². The first kappa shape index (κ1) is 30.0. The molecule has 5 rings (SSSR count). The number of rotatable bonds is 11. The monoisotopic (exact) mass is 628 g/mol. The average Bonchev–Trinajstić information content (AvgIpc) is 3.02. The molecule has 1 saturated heterocycles. The van der Waals surface area contributed by atoms with E-state index in [0.717, 1.165) is 33.4 Å². The number of halogens is 1. The second-order valence-corrected chi connectivity index (χ2v) is 12.1. The Morgan fingerprint density at radius 2 is 1.12 bits per heavy atom. The molecular weight excluding hydrogens is 592 g/mol. The smallest absolute Gasteiger partial charge is 0.321 e. The molecule has 1 unspecified atom stereocenters. The molecule has 0 bridgehead atoms. The lowest BCUT2D eigenvalue weighted by Crippen LogP contribution is -2.68. The largest absolute Gasteiger partial charge is 0.392 e. The zero-order valence-electron chi connectivity index (χ0n) is 23.5. The third-order valence-electron chi connectivity index (χ3n) is 7.98. The Morgan fingerprint density at radius 1 is 0.643 bits per heavy atom. The normalized spacial score (nSPS) is 19.6. The SMILES string of the molecule is O=C1N(Cc2cccc(CO)c2)[C@H](Cc2ccccc2)[C@H](O)[C@@H](C(Br)Cc2ccccc2)N1Cc1cccc(CO)c1. The Kier molecular flexibility index (Phi) is 10.1. The van der Waals surface area contributed by atoms with Gasteiger partial charge in [-0.05, 0) is 46.2 Å². The molecule has 1 heterocycles. The van der Waals surface area contributed by atoms with E-state index in [1.54, 1.807) is 9.80 Å². The summed E-state index contributed by atoms with van der Waals surface area (Å²) >= 11 is 3.90. The van der Waals surface area contributed by atoms with E-state index in [4.69, 9.17) is 0 Å². The maximum atomic E-state index is 14.6. The molecule has 42 heavy (non-hydrogen) atoms. The molecule has 4 atom stereocenters. The number of carbonyl (C=O) groups excluding carboxylic acids is 1. The van der Waals surface area contributed by atoms with Crippen LogP contribution in [0.1, 0.15) is 33.4 Å². The fourth-order valence-electron chi connectivity index (χ4n) is 5.89. The third kappa shape index (κ3) is 7.10. The Morgan fingerprint density at radius 3 is 1.67 bits per heavy atom. The van der Waals surface area contributed by atoms with Crippen LogP contribution in [0.25, 0.3) is 0 Å². The Bertz CT molecular complexity index is 1450. The predicted octanol–water partition coefficient (Wildman–Crippen LogP) is 5.46. The van der Waals surface area contributed by atoms with Crippen LogP contribution >= 0.6 is 15.9 Å². The van der Waals surface area contributed by atoms with Crippen LogP contribution in [0, 0.1) is 0 Å². The van der Waals surface area contributed by atoms with E-state index in [1.807, 2.05) is 97.1 Å². The van der Waals surface area contributed by atoms with Gasteiger partial charge in [-0.3, -0.25) is 0 Å². The maximum Gasteiger partial charge on any atom is 0.321 e. The number of nitrogens with zero attached hydrogens (tertiary/aromatic N) is 2. The van der Waals surface area contributed by atoms with Crippen molar-refractivity contribution in [3.05, 3.63) is 143 Å². The van der Waals surface area contributed by atoms with Gasteiger partial charge in [0.25, 0.3) is 0 Å². The van der Waals surface area contributed by atoms with Crippen molar-refractivity contribution in [3.63, 3.8) is 0 Å². The third-order valence-corrected chi connectivity index (χ3v) is 8.85. The van der Waals surface area contributed by atoms with Gasteiger partial charge in [0, 0.05) is 17.9 Å². The fourth-order valence-corrected chi connectivity index (χ4v) is 6.86. The number of hydrogen-bond acceptors (Lipinski definition) is 4. The van der Waals surface area contributed by atoms with E-state index < -0.39 is 18.2 Å². The predicted molar refractivity (Wildman–Crippen MR) is 168 cm³/mol. The van der Waals surface area contributed by atoms with Crippen molar-refractivity contribution in [2.24, 2.45) is 0 Å². The van der Waals surface area contributed by atoms with Crippen molar-refractivity contribution in [3.8, 4) is 0 Å². The van der Waals surface area contributed by atoms with Crippen molar-refractivity contribution in [1.82, 2.24) is 9.80 Å². The number of carbonyl (C=O) groups is 1. The number of alkyl halides is 1. The van der Waals surface area contributed by atoms with E-state index >= 15 is 0 Å². The van der Waals surface area contributed by atoms with E-state index in [1.165, 1.54) is 0 Å². The number of amides is 2. The van der Waals surface area contributed by atoms with Crippen LogP contribution in [-0.4, -0.2) is 54.2 Å². The summed E-state index contributed by atoms with van der Waals surface area (Å²) in [4.78, 5) is 17.9. The maximum absolute atomic E-state index is 14.6. The highest BCUT2D eigenvalue weighted by molar-refractivity contribution is 9.09. The van der Waals surface area contributed by atoms with Gasteiger partial charge in [-0.2, -0.15) is 0 Å². The second-order valence-electron chi connectivity index (χ2n) is 10.9. The highest BCUT2D eigenvalue weighted by atomic mass is 79.9. The summed E-state index contributed by atoms with van der Waals surface area (Å²) in [5.74, 6) is 0. The first-order valence-corrected chi connectivity index (χ1v) is 15.2. The van der Waals surface area contributed by atoms with Crippen molar-refractivity contribution in [1.29, 1.82) is 0 Å². The van der Waals surface area contributed by atoms with E-state index in [-0.39, 0.29) is 30.6 Å². The molecule has 0 aliphatic carbocycles. The zero-order chi connectivity index (χ0) is 29.5. The Labute approximate surface area is 256 Å². The molecule has 0 spiro atoms. The summed E-state index contributed by atoms with van der Waals surface area (Å²) in [5.41, 5.74) is 5.48. The van der Waals surface area contributed by atoms with Gasteiger partial charge in [-0.1, -0.05) is 125 Å². The van der Waals surface area contributed by atoms with Gasteiger partial charge >= 0.3 is 6.03 Å². The van der Waals surface area contributed by atoms with Crippen molar-refractivity contribution >= 4 is 22.0 Å². The Balaban J connectivity index is 1.54. The first-order chi connectivity index (χ1) is 20.5. The van der Waals surface area contributed by atoms with Crippen molar-refractivity contribution in [2.45, 2.75) is 62.2 Å². The number of urea groups is 1. The minimum absolute atomic E-state index is 0.0853. The highest BCUT2D eigenvalue weighted by Crippen LogP contribution is 2.33. The quantitative estimate of drug-likeness (QED) is 0.193. The number of benzene rings is 4. The van der Waals surface area contributed by atoms with Crippen molar-refractivity contribution in [2.75, 3.05) is 0 Å². The topological polar surface area (TPSA) is 84.2 Å². The highest BCUT2D eigenvalue weighted by Gasteiger charge is 2.48. The van der Waals surface area contributed by atoms with Gasteiger partial charge in [-0.25, -0.2) is 4.79 Å². The second kappa shape index (κ2) is 14.1. The van der Waals surface area contributed by atoms with Crippen LogP contribution in [0.3, 0.4) is 0 Å². The molecule has 4 aromatic carbocycles. The van der Waals surface area contributed by atoms with Crippen LogP contribution in [0.15, 0.2) is 109 Å². The van der Waals surface area contributed by atoms with E-state index in [0.29, 0.717) is 19.4 Å². The summed E-state index contributed by atoms with van der Waals surface area (Å²) in [5, 5.41) is 31.7. The lowest BCUT2D eigenvalue weighted by molar-refractivity contribution is -0.0428. The summed E-state index contributed by atoms with van der Waals surface area (Å²) in [6.45, 7) is 0.413. The van der Waals surface area contributed by atoms with Crippen LogP contribution in [0.5, 0.6) is 0 Å². The van der Waals surface area contributed by atoms with Gasteiger partial charge in [0.05, 0.1) is 31.4 Å². The number of hydrogen-bond donors (Lipinski definition) is 3. The van der Waals surface area contributed by atoms with E-state index in [9.17, 15) is 20.1 Å². The van der Waals surface area contributed by atoms with Gasteiger partial charge in [0.1, 0.15) is 0 Å². The molecule has 218 valence electrons. The molecule has 2 amide bonds. The molecule has 3 N–H and O–H groups in total. The molecule has 7 heteroatoms. The van der Waals surface area contributed by atoms with Gasteiger partial charge in [-0.15, -0.1) is 0 Å². The van der Waals surface area contributed by atoms with Crippen molar-refractivity contribution < 1.29 is 20.1 Å². The molecule has 6 nitrogen and oxygen atoms in total. The lowest BCUT2D eigenvalue weighted by Gasteiger charge is -2.51. The zero-order valence-corrected chi connectivity index (χ0v) is 25.1. The first-order valence-electron chi connectivity index (χ1n) is 14.3. The van der Waals surface area contributed by atoms with E-state index in [2.05, 4.69) is 28.1 Å². The molecule has 1 aliphatic heterocycles. The minimum Gasteiger partial charge on any atom is -0.392 e. The molecule has 0 radical (unpaired) electrons. The van der Waals surface area contributed by atoms with Crippen LogP contribution in [-0.2, 0) is 39.1 Å². The minimum atomic E-state index is -0.863. The Hall–Kier alpha value is -3.49. The molecule has 0 saturated carbocycles. The van der Waals surface area contributed by atoms with Crippen LogP contribution in [0.4, 0.5) is 4.79 Å². The summed E-state index contributed by atoms with van der Waals surface area (Å²) in [6, 6.07) is 34.1. The summed E-state index contributed by atoms with van der Waals surface area (Å²) in [6.07, 6.45) is 0.278. The standard InChI is InChI=1S/C35H37BrN2O4/c36-31(19-25-9-3-1-4-10-25)33-34(41)32(20-26-11-5-2-6-12-26)37(21-27-13-7-15-29(17-27)23-39)35(42)38(33)22-28-14-8-16-30(18-28)24-40/h1-18,31-34,39-41H,19-24H2/t31?,32-,33-,34+/m1/s1. The lowest BCUT2D eigenvalue weighted by atomic mass is 9.87. The molecule has 4 aromatic rings. The van der Waals surface area contributed by atoms with Gasteiger partial charge in [0.2, 0.25) is 0 Å². The molecule has 0 aromatic heterocycles. The molecule has 1 fully saturated rings. The number of aliphatic hydroxyl groups excluding tert-OH is 3. The summed E-state index contributed by atoms with van der Waals surface area (Å²) < 4.78 is 0. The number of aliphatic hydroxyl groups is 3. The summed E-state index contributed by atoms with van der Waals surface area (Å²) in [7, 11) is 0.